The number of hydrogen-bond donors (Lipinski definition) is 0. The van der Waals surface area contributed by atoms with Crippen molar-refractivity contribution in [2.75, 3.05) is 0 Å². The second kappa shape index (κ2) is 11.7. The third-order valence-electron chi connectivity index (χ3n) is 7.30. The standard InChI is InChI=1S/C27H40N2O4/c1-18(2)24-12-10-19(3)25-14-23(33-27(31)13-11-21-16-29(5)17-28-21)9-7-6-8-22(15-26(24)25)32-20(4)30/h10-11,13,16-18,22-26H,6-9,12,14-15H2,1-5H3. The van der Waals surface area contributed by atoms with Gasteiger partial charge in [-0.05, 0) is 81.6 Å². The highest BCUT2D eigenvalue weighted by Gasteiger charge is 2.39. The molecule has 0 aliphatic heterocycles. The Morgan fingerprint density at radius 2 is 1.85 bits per heavy atom. The highest BCUT2D eigenvalue weighted by atomic mass is 16.5. The molecule has 5 unspecified atom stereocenters. The molecule has 1 saturated carbocycles. The number of aryl methyl sites for hydroxylation is 1. The maximum absolute atomic E-state index is 12.6. The molecule has 6 nitrogen and oxygen atoms in total. The fraction of sp³-hybridized carbons (Fsp3) is 0.667. The van der Waals surface area contributed by atoms with Crippen molar-refractivity contribution < 1.29 is 19.1 Å². The molecule has 0 saturated heterocycles. The van der Waals surface area contributed by atoms with E-state index in [0.717, 1.165) is 50.6 Å². The Morgan fingerprint density at radius 3 is 2.45 bits per heavy atom. The Hall–Kier alpha value is -2.37. The topological polar surface area (TPSA) is 70.4 Å². The smallest absolute Gasteiger partial charge is 0.331 e. The van der Waals surface area contributed by atoms with E-state index in [1.54, 1.807) is 12.4 Å². The van der Waals surface area contributed by atoms with E-state index in [1.165, 1.54) is 18.6 Å². The minimum atomic E-state index is -0.310. The average Bonchev–Trinajstić information content (AvgIpc) is 3.16. The summed E-state index contributed by atoms with van der Waals surface area (Å²) in [6.45, 7) is 8.29. The molecule has 2 aliphatic rings. The summed E-state index contributed by atoms with van der Waals surface area (Å²) < 4.78 is 13.6. The van der Waals surface area contributed by atoms with Crippen molar-refractivity contribution in [3.8, 4) is 0 Å². The summed E-state index contributed by atoms with van der Waals surface area (Å²) in [6, 6.07) is 0. The van der Waals surface area contributed by atoms with E-state index < -0.39 is 0 Å². The molecule has 1 heterocycles. The zero-order valence-electron chi connectivity index (χ0n) is 20.8. The SMILES string of the molecule is CC(=O)OC1CCCCC(OC(=O)C=Cc2cn(C)cn2)CC2C(C)=CCC(C(C)C)C2C1. The lowest BCUT2D eigenvalue weighted by Gasteiger charge is -2.43. The molecule has 0 radical (unpaired) electrons. The van der Waals surface area contributed by atoms with Crippen LogP contribution in [0.3, 0.4) is 0 Å². The molecule has 2 aliphatic carbocycles. The van der Waals surface area contributed by atoms with Gasteiger partial charge in [-0.1, -0.05) is 25.5 Å². The van der Waals surface area contributed by atoms with E-state index in [2.05, 4.69) is 31.8 Å². The van der Waals surface area contributed by atoms with Crippen LogP contribution < -0.4 is 0 Å². The first-order valence-electron chi connectivity index (χ1n) is 12.4. The molecule has 1 aromatic rings. The van der Waals surface area contributed by atoms with E-state index in [9.17, 15) is 9.59 Å². The average molecular weight is 457 g/mol. The zero-order chi connectivity index (χ0) is 24.0. The van der Waals surface area contributed by atoms with Gasteiger partial charge in [-0.3, -0.25) is 4.79 Å². The first-order valence-corrected chi connectivity index (χ1v) is 12.4. The number of aromatic nitrogens is 2. The predicted molar refractivity (Wildman–Crippen MR) is 129 cm³/mol. The summed E-state index contributed by atoms with van der Waals surface area (Å²) in [5, 5.41) is 0. The second-order valence-corrected chi connectivity index (χ2v) is 10.2. The quantitative estimate of drug-likeness (QED) is 0.333. The molecular formula is C27H40N2O4. The van der Waals surface area contributed by atoms with Crippen LogP contribution >= 0.6 is 0 Å². The number of nitrogens with zero attached hydrogens (tertiary/aromatic N) is 2. The van der Waals surface area contributed by atoms with Gasteiger partial charge in [0.05, 0.1) is 12.0 Å². The van der Waals surface area contributed by atoms with Gasteiger partial charge in [0.25, 0.3) is 0 Å². The molecule has 5 atom stereocenters. The lowest BCUT2D eigenvalue weighted by molar-refractivity contribution is -0.150. The van der Waals surface area contributed by atoms with Gasteiger partial charge in [0.1, 0.15) is 12.2 Å². The van der Waals surface area contributed by atoms with Crippen LogP contribution in [-0.4, -0.2) is 33.7 Å². The summed E-state index contributed by atoms with van der Waals surface area (Å²) in [4.78, 5) is 28.6. The minimum Gasteiger partial charge on any atom is -0.463 e. The maximum Gasteiger partial charge on any atom is 0.331 e. The first kappa shape index (κ1) is 25.3. The van der Waals surface area contributed by atoms with Crippen LogP contribution in [0.5, 0.6) is 0 Å². The van der Waals surface area contributed by atoms with Gasteiger partial charge in [-0.25, -0.2) is 9.78 Å². The third-order valence-corrected chi connectivity index (χ3v) is 7.30. The van der Waals surface area contributed by atoms with Crippen molar-refractivity contribution in [3.63, 3.8) is 0 Å². The van der Waals surface area contributed by atoms with E-state index >= 15 is 0 Å². The number of rotatable bonds is 5. The van der Waals surface area contributed by atoms with E-state index in [4.69, 9.17) is 9.47 Å². The van der Waals surface area contributed by atoms with Gasteiger partial charge in [-0.15, -0.1) is 0 Å². The van der Waals surface area contributed by atoms with Crippen LogP contribution in [-0.2, 0) is 26.1 Å². The van der Waals surface area contributed by atoms with Crippen molar-refractivity contribution in [1.82, 2.24) is 9.55 Å². The minimum absolute atomic E-state index is 0.0254. The van der Waals surface area contributed by atoms with Crippen LogP contribution in [0.4, 0.5) is 0 Å². The Kier molecular flexibility index (Phi) is 8.93. The number of carbonyl (C=O) groups is 2. The first-order chi connectivity index (χ1) is 15.7. The molecule has 0 bridgehead atoms. The Labute approximate surface area is 198 Å². The summed E-state index contributed by atoms with van der Waals surface area (Å²) >= 11 is 0. The third kappa shape index (κ3) is 7.31. The summed E-state index contributed by atoms with van der Waals surface area (Å²) in [7, 11) is 1.90. The molecule has 182 valence electrons. The highest BCUT2D eigenvalue weighted by Crippen LogP contribution is 2.45. The Bertz CT molecular complexity index is 869. The molecular weight excluding hydrogens is 416 g/mol. The lowest BCUT2D eigenvalue weighted by Crippen LogP contribution is -2.37. The molecule has 0 aromatic carbocycles. The molecule has 0 N–H and O–H groups in total. The zero-order valence-corrected chi connectivity index (χ0v) is 20.8. The lowest BCUT2D eigenvalue weighted by atomic mass is 9.64. The van der Waals surface area contributed by atoms with Crippen molar-refractivity contribution in [1.29, 1.82) is 0 Å². The highest BCUT2D eigenvalue weighted by molar-refractivity contribution is 5.86. The Morgan fingerprint density at radius 1 is 1.15 bits per heavy atom. The number of hydrogen-bond acceptors (Lipinski definition) is 5. The van der Waals surface area contributed by atoms with Crippen molar-refractivity contribution >= 4 is 18.0 Å². The van der Waals surface area contributed by atoms with Crippen LogP contribution in [0.25, 0.3) is 6.08 Å². The van der Waals surface area contributed by atoms with Gasteiger partial charge in [0, 0.05) is 26.2 Å². The molecule has 33 heavy (non-hydrogen) atoms. The number of carbonyl (C=O) groups excluding carboxylic acids is 2. The summed E-state index contributed by atoms with van der Waals surface area (Å²) in [6.07, 6.45) is 15.4. The Balaban J connectivity index is 1.76. The van der Waals surface area contributed by atoms with Crippen LogP contribution in [0.2, 0.25) is 0 Å². The summed E-state index contributed by atoms with van der Waals surface area (Å²) in [5.74, 6) is 1.34. The molecule has 0 amide bonds. The maximum atomic E-state index is 12.6. The fourth-order valence-corrected chi connectivity index (χ4v) is 5.64. The van der Waals surface area contributed by atoms with E-state index in [-0.39, 0.29) is 24.1 Å². The predicted octanol–water partition coefficient (Wildman–Crippen LogP) is 5.49. The monoisotopic (exact) mass is 456 g/mol. The molecule has 0 spiro atoms. The van der Waals surface area contributed by atoms with Crippen LogP contribution in [0.15, 0.2) is 30.2 Å². The van der Waals surface area contributed by atoms with Gasteiger partial charge < -0.3 is 14.0 Å². The van der Waals surface area contributed by atoms with Crippen LogP contribution in [0.1, 0.15) is 78.3 Å². The van der Waals surface area contributed by atoms with Gasteiger partial charge in [-0.2, -0.15) is 0 Å². The largest absolute Gasteiger partial charge is 0.463 e. The number of esters is 2. The summed E-state index contributed by atoms with van der Waals surface area (Å²) in [5.41, 5.74) is 2.12. The number of fused-ring (bicyclic) bond motifs is 1. The number of imidazole rings is 1. The fourth-order valence-electron chi connectivity index (χ4n) is 5.64. The normalized spacial score (nSPS) is 28.8. The van der Waals surface area contributed by atoms with Crippen molar-refractivity contribution in [2.45, 2.75) is 84.8 Å². The van der Waals surface area contributed by atoms with Gasteiger partial charge in [0.2, 0.25) is 0 Å². The van der Waals surface area contributed by atoms with Crippen molar-refractivity contribution in [3.05, 3.63) is 35.9 Å². The van der Waals surface area contributed by atoms with E-state index in [1.807, 2.05) is 17.8 Å². The van der Waals surface area contributed by atoms with Crippen molar-refractivity contribution in [2.24, 2.45) is 30.7 Å². The second-order valence-electron chi connectivity index (χ2n) is 10.2. The number of ether oxygens (including phenoxy) is 2. The van der Waals surface area contributed by atoms with E-state index in [0.29, 0.717) is 23.7 Å². The molecule has 3 rings (SSSR count). The van der Waals surface area contributed by atoms with Crippen LogP contribution in [0, 0.1) is 23.7 Å². The van der Waals surface area contributed by atoms with Gasteiger partial charge >= 0.3 is 11.9 Å². The molecule has 1 fully saturated rings. The van der Waals surface area contributed by atoms with Gasteiger partial charge in [0.15, 0.2) is 0 Å². The molecule has 6 heteroatoms. The molecule has 1 aromatic heterocycles. The number of allylic oxidation sites excluding steroid dienone is 2.